The first-order chi connectivity index (χ1) is 11.8. The van der Waals surface area contributed by atoms with Crippen LogP contribution >= 0.6 is 0 Å². The standard InChI is InChI=1S/C18H24N2O4S/c1-3-19-25(23,24)16-10-13(9-8-12(16)2)11-20-17(21)14-6-4-5-7-15(14)18(20)22/h8-10,14-15,19H,3-7,11H2,1-2H3/t14-,15-/m1/s1. The van der Waals surface area contributed by atoms with Crippen molar-refractivity contribution in [2.75, 3.05) is 6.54 Å². The average Bonchev–Trinajstić information content (AvgIpc) is 2.82. The van der Waals surface area contributed by atoms with Gasteiger partial charge >= 0.3 is 0 Å². The fraction of sp³-hybridized carbons (Fsp3) is 0.556. The van der Waals surface area contributed by atoms with Gasteiger partial charge < -0.3 is 0 Å². The molecule has 136 valence electrons. The molecule has 1 saturated heterocycles. The zero-order chi connectivity index (χ0) is 18.2. The van der Waals surface area contributed by atoms with Gasteiger partial charge in [0, 0.05) is 6.54 Å². The van der Waals surface area contributed by atoms with E-state index in [4.69, 9.17) is 0 Å². The van der Waals surface area contributed by atoms with Crippen molar-refractivity contribution in [3.05, 3.63) is 29.3 Å². The van der Waals surface area contributed by atoms with Crippen molar-refractivity contribution in [2.45, 2.75) is 51.0 Å². The lowest BCUT2D eigenvalue weighted by molar-refractivity contribution is -0.140. The lowest BCUT2D eigenvalue weighted by Gasteiger charge is -2.19. The summed E-state index contributed by atoms with van der Waals surface area (Å²) in [4.78, 5) is 26.7. The molecule has 1 N–H and O–H groups in total. The highest BCUT2D eigenvalue weighted by Gasteiger charge is 2.47. The molecule has 2 fully saturated rings. The number of carbonyl (C=O) groups is 2. The molecule has 3 rings (SSSR count). The van der Waals surface area contributed by atoms with Crippen molar-refractivity contribution in [3.63, 3.8) is 0 Å². The summed E-state index contributed by atoms with van der Waals surface area (Å²) in [6, 6.07) is 5.07. The normalized spacial score (nSPS) is 23.8. The highest BCUT2D eigenvalue weighted by Crippen LogP contribution is 2.38. The summed E-state index contributed by atoms with van der Waals surface area (Å²) >= 11 is 0. The van der Waals surface area contributed by atoms with Gasteiger partial charge in [-0.3, -0.25) is 14.5 Å². The molecule has 2 aliphatic rings. The van der Waals surface area contributed by atoms with Crippen LogP contribution in [0.25, 0.3) is 0 Å². The van der Waals surface area contributed by atoms with Crippen LogP contribution in [0.2, 0.25) is 0 Å². The molecule has 1 saturated carbocycles. The monoisotopic (exact) mass is 364 g/mol. The Morgan fingerprint density at radius 3 is 2.28 bits per heavy atom. The van der Waals surface area contributed by atoms with Crippen molar-refractivity contribution in [2.24, 2.45) is 11.8 Å². The molecule has 1 aromatic rings. The van der Waals surface area contributed by atoms with E-state index in [-0.39, 0.29) is 35.1 Å². The first-order valence-electron chi connectivity index (χ1n) is 8.79. The van der Waals surface area contributed by atoms with E-state index in [1.54, 1.807) is 32.0 Å². The van der Waals surface area contributed by atoms with Crippen molar-refractivity contribution >= 4 is 21.8 Å². The van der Waals surface area contributed by atoms with Crippen LogP contribution in [0.5, 0.6) is 0 Å². The molecule has 6 nitrogen and oxygen atoms in total. The van der Waals surface area contributed by atoms with E-state index >= 15 is 0 Å². The zero-order valence-corrected chi connectivity index (χ0v) is 15.4. The number of nitrogens with one attached hydrogen (secondary N) is 1. The van der Waals surface area contributed by atoms with Crippen LogP contribution in [-0.2, 0) is 26.2 Å². The first-order valence-corrected chi connectivity index (χ1v) is 10.3. The molecule has 0 unspecified atom stereocenters. The van der Waals surface area contributed by atoms with E-state index in [0.29, 0.717) is 17.7 Å². The van der Waals surface area contributed by atoms with Gasteiger partial charge in [-0.15, -0.1) is 0 Å². The largest absolute Gasteiger partial charge is 0.278 e. The lowest BCUT2D eigenvalue weighted by atomic mass is 9.81. The Morgan fingerprint density at radius 1 is 1.12 bits per heavy atom. The molecular formula is C18H24N2O4S. The first kappa shape index (κ1) is 18.1. The van der Waals surface area contributed by atoms with Crippen molar-refractivity contribution in [1.29, 1.82) is 0 Å². The van der Waals surface area contributed by atoms with Crippen LogP contribution in [-0.4, -0.2) is 31.7 Å². The van der Waals surface area contributed by atoms with Gasteiger partial charge in [0.25, 0.3) is 0 Å². The van der Waals surface area contributed by atoms with Crippen molar-refractivity contribution in [1.82, 2.24) is 9.62 Å². The highest BCUT2D eigenvalue weighted by molar-refractivity contribution is 7.89. The fourth-order valence-corrected chi connectivity index (χ4v) is 5.20. The topological polar surface area (TPSA) is 83.6 Å². The van der Waals surface area contributed by atoms with Crippen LogP contribution in [0.4, 0.5) is 0 Å². The van der Waals surface area contributed by atoms with Gasteiger partial charge in [0.1, 0.15) is 0 Å². The number of imide groups is 1. The van der Waals surface area contributed by atoms with E-state index in [0.717, 1.165) is 25.7 Å². The second-order valence-electron chi connectivity index (χ2n) is 6.86. The van der Waals surface area contributed by atoms with Gasteiger partial charge in [-0.1, -0.05) is 31.9 Å². The molecule has 0 radical (unpaired) electrons. The Morgan fingerprint density at radius 2 is 1.72 bits per heavy atom. The Labute approximate surface area is 148 Å². The van der Waals surface area contributed by atoms with Crippen LogP contribution in [0.15, 0.2) is 23.1 Å². The predicted octanol–water partition coefficient (Wildman–Crippen LogP) is 1.97. The molecule has 0 aromatic heterocycles. The predicted molar refractivity (Wildman–Crippen MR) is 93.0 cm³/mol. The van der Waals surface area contributed by atoms with E-state index in [2.05, 4.69) is 4.72 Å². The maximum absolute atomic E-state index is 12.6. The minimum Gasteiger partial charge on any atom is -0.278 e. The third-order valence-electron chi connectivity index (χ3n) is 5.15. The van der Waals surface area contributed by atoms with Crippen LogP contribution < -0.4 is 4.72 Å². The summed E-state index contributed by atoms with van der Waals surface area (Å²) in [7, 11) is -3.58. The maximum Gasteiger partial charge on any atom is 0.240 e. The molecule has 1 aromatic carbocycles. The van der Waals surface area contributed by atoms with E-state index in [1.807, 2.05) is 0 Å². The van der Waals surface area contributed by atoms with Gasteiger partial charge in [-0.05, 0) is 37.0 Å². The summed E-state index contributed by atoms with van der Waals surface area (Å²) in [6.45, 7) is 3.90. The number of sulfonamides is 1. The summed E-state index contributed by atoms with van der Waals surface area (Å²) in [5, 5.41) is 0. The number of nitrogens with zero attached hydrogens (tertiary/aromatic N) is 1. The van der Waals surface area contributed by atoms with Crippen molar-refractivity contribution < 1.29 is 18.0 Å². The highest BCUT2D eigenvalue weighted by atomic mass is 32.2. The Kier molecular flexibility index (Phi) is 4.97. The van der Waals surface area contributed by atoms with Gasteiger partial charge in [-0.2, -0.15) is 0 Å². The second kappa shape index (κ2) is 6.88. The summed E-state index contributed by atoms with van der Waals surface area (Å²) in [5.74, 6) is -0.578. The van der Waals surface area contributed by atoms with Gasteiger partial charge in [0.15, 0.2) is 0 Å². The molecule has 2 amide bonds. The van der Waals surface area contributed by atoms with Gasteiger partial charge in [0.2, 0.25) is 21.8 Å². The number of carbonyl (C=O) groups excluding carboxylic acids is 2. The number of hydrogen-bond donors (Lipinski definition) is 1. The molecule has 7 heteroatoms. The molecule has 25 heavy (non-hydrogen) atoms. The minimum absolute atomic E-state index is 0.105. The van der Waals surface area contributed by atoms with E-state index in [1.165, 1.54) is 4.90 Å². The number of likely N-dealkylation sites (tertiary alicyclic amines) is 1. The third kappa shape index (κ3) is 3.35. The summed E-state index contributed by atoms with van der Waals surface area (Å²) in [6.07, 6.45) is 3.53. The minimum atomic E-state index is -3.58. The third-order valence-corrected chi connectivity index (χ3v) is 6.84. The molecular weight excluding hydrogens is 340 g/mol. The van der Waals surface area contributed by atoms with E-state index < -0.39 is 10.0 Å². The van der Waals surface area contributed by atoms with E-state index in [9.17, 15) is 18.0 Å². The van der Waals surface area contributed by atoms with Crippen molar-refractivity contribution in [3.8, 4) is 0 Å². The number of rotatable bonds is 5. The summed E-state index contributed by atoms with van der Waals surface area (Å²) in [5.41, 5.74) is 1.29. The molecule has 2 atom stereocenters. The van der Waals surface area contributed by atoms with Gasteiger partial charge in [0.05, 0.1) is 23.3 Å². The Bertz CT molecular complexity index is 779. The zero-order valence-electron chi connectivity index (χ0n) is 14.6. The van der Waals surface area contributed by atoms with Crippen LogP contribution in [0.1, 0.15) is 43.7 Å². The lowest BCUT2D eigenvalue weighted by Crippen LogP contribution is -2.30. The Hall–Kier alpha value is -1.73. The smallest absolute Gasteiger partial charge is 0.240 e. The number of aryl methyl sites for hydroxylation is 1. The Balaban J connectivity index is 1.86. The molecule has 1 aliphatic heterocycles. The molecule has 1 heterocycles. The summed E-state index contributed by atoms with van der Waals surface area (Å²) < 4.78 is 27.1. The van der Waals surface area contributed by atoms with Gasteiger partial charge in [-0.25, -0.2) is 13.1 Å². The average molecular weight is 364 g/mol. The second-order valence-corrected chi connectivity index (χ2v) is 8.60. The SMILES string of the molecule is CCNS(=O)(=O)c1cc(CN2C(=O)[C@@H]3CCCC[C@H]3C2=O)ccc1C. The molecule has 0 spiro atoms. The fourth-order valence-electron chi connectivity index (χ4n) is 3.87. The number of amides is 2. The number of hydrogen-bond acceptors (Lipinski definition) is 4. The number of benzene rings is 1. The molecule has 1 aliphatic carbocycles. The van der Waals surface area contributed by atoms with Crippen LogP contribution in [0, 0.1) is 18.8 Å². The maximum atomic E-state index is 12.6. The quantitative estimate of drug-likeness (QED) is 0.810. The number of fused-ring (bicyclic) bond motifs is 1. The molecule has 0 bridgehead atoms. The van der Waals surface area contributed by atoms with Crippen LogP contribution in [0.3, 0.4) is 0 Å².